The van der Waals surface area contributed by atoms with Crippen molar-refractivity contribution in [1.29, 1.82) is 0 Å². The molecule has 1 aliphatic heterocycles. The first-order valence-corrected chi connectivity index (χ1v) is 10.6. The Kier molecular flexibility index (Phi) is 5.26. The molecule has 1 amide bonds. The second kappa shape index (κ2) is 8.39. The van der Waals surface area contributed by atoms with Crippen molar-refractivity contribution in [1.82, 2.24) is 4.90 Å². The summed E-state index contributed by atoms with van der Waals surface area (Å²) in [6.07, 6.45) is 0.531. The number of hydrogen-bond acceptors (Lipinski definition) is 4. The molecule has 1 aliphatic rings. The van der Waals surface area contributed by atoms with Gasteiger partial charge in [-0.2, -0.15) is 0 Å². The number of halogens is 1. The van der Waals surface area contributed by atoms with Crippen molar-refractivity contribution in [3.05, 3.63) is 119 Å². The minimum Gasteiger partial charge on any atom is -0.503 e. The maximum atomic E-state index is 13.6. The highest BCUT2D eigenvalue weighted by Gasteiger charge is 2.44. The molecule has 6 heteroatoms. The van der Waals surface area contributed by atoms with E-state index in [1.54, 1.807) is 18.2 Å². The van der Waals surface area contributed by atoms with Gasteiger partial charge in [0, 0.05) is 11.9 Å². The maximum absolute atomic E-state index is 13.6. The summed E-state index contributed by atoms with van der Waals surface area (Å²) in [7, 11) is 0. The van der Waals surface area contributed by atoms with Crippen molar-refractivity contribution in [3.8, 4) is 0 Å². The Hall–Kier alpha value is -4.19. The van der Waals surface area contributed by atoms with Gasteiger partial charge in [-0.25, -0.2) is 4.39 Å². The number of ketones is 1. The average molecular weight is 441 g/mol. The Balaban J connectivity index is 1.54. The van der Waals surface area contributed by atoms with Gasteiger partial charge < -0.3 is 14.4 Å². The number of hydrogen-bond donors (Lipinski definition) is 1. The third-order valence-electron chi connectivity index (χ3n) is 5.87. The fourth-order valence-corrected chi connectivity index (χ4v) is 4.23. The van der Waals surface area contributed by atoms with Gasteiger partial charge in [0.15, 0.2) is 11.5 Å². The van der Waals surface area contributed by atoms with Gasteiger partial charge in [-0.05, 0) is 41.8 Å². The van der Waals surface area contributed by atoms with Crippen LogP contribution in [0.3, 0.4) is 0 Å². The van der Waals surface area contributed by atoms with Gasteiger partial charge in [-0.3, -0.25) is 9.59 Å². The SMILES string of the molecule is O=C(C1=C(O)C(=O)N(CCc2ccccc2)C1c1ccc(F)cc1)c1cc2ccccc2o1. The topological polar surface area (TPSA) is 70.8 Å². The first-order chi connectivity index (χ1) is 16.0. The Morgan fingerprint density at radius 2 is 1.67 bits per heavy atom. The summed E-state index contributed by atoms with van der Waals surface area (Å²) in [5.74, 6) is -2.23. The predicted octanol–water partition coefficient (Wildman–Crippen LogP) is 5.39. The first-order valence-electron chi connectivity index (χ1n) is 10.6. The summed E-state index contributed by atoms with van der Waals surface area (Å²) in [6.45, 7) is 0.270. The minimum atomic E-state index is -0.859. The van der Waals surface area contributed by atoms with E-state index < -0.39 is 29.3 Å². The molecular weight excluding hydrogens is 421 g/mol. The van der Waals surface area contributed by atoms with Crippen LogP contribution in [0.25, 0.3) is 11.0 Å². The lowest BCUT2D eigenvalue weighted by molar-refractivity contribution is -0.129. The minimum absolute atomic E-state index is 0.0302. The van der Waals surface area contributed by atoms with Crippen LogP contribution in [0.5, 0.6) is 0 Å². The molecule has 3 aromatic carbocycles. The van der Waals surface area contributed by atoms with Crippen LogP contribution in [0.15, 0.2) is 101 Å². The smallest absolute Gasteiger partial charge is 0.290 e. The van der Waals surface area contributed by atoms with Crippen LogP contribution in [-0.4, -0.2) is 28.2 Å². The van der Waals surface area contributed by atoms with E-state index in [9.17, 15) is 19.1 Å². The van der Waals surface area contributed by atoms with Crippen LogP contribution in [0.4, 0.5) is 4.39 Å². The van der Waals surface area contributed by atoms with E-state index in [0.717, 1.165) is 10.9 Å². The van der Waals surface area contributed by atoms with Gasteiger partial charge in [0.05, 0.1) is 11.6 Å². The average Bonchev–Trinajstić information content (AvgIpc) is 3.38. The van der Waals surface area contributed by atoms with E-state index in [4.69, 9.17) is 4.42 Å². The number of amides is 1. The standard InChI is InChI=1S/C27H20FNO4/c28-20-12-10-18(11-13-20)24-23(25(30)22-16-19-8-4-5-9-21(19)33-22)26(31)27(32)29(24)15-14-17-6-2-1-3-7-17/h1-13,16,24,31H,14-15H2. The molecule has 1 atom stereocenters. The van der Waals surface area contributed by atoms with Crippen LogP contribution in [-0.2, 0) is 11.2 Å². The Labute approximate surface area is 189 Å². The highest BCUT2D eigenvalue weighted by Crippen LogP contribution is 2.39. The second-order valence-corrected chi connectivity index (χ2v) is 7.93. The third kappa shape index (κ3) is 3.80. The number of aliphatic hydroxyl groups excluding tert-OH is 1. The molecule has 0 aliphatic carbocycles. The summed E-state index contributed by atoms with van der Waals surface area (Å²) < 4.78 is 19.3. The lowest BCUT2D eigenvalue weighted by atomic mass is 9.94. The van der Waals surface area contributed by atoms with Crippen molar-refractivity contribution in [2.24, 2.45) is 0 Å². The number of carbonyl (C=O) groups is 2. The van der Waals surface area contributed by atoms with Crippen LogP contribution < -0.4 is 0 Å². The molecular formula is C27H20FNO4. The van der Waals surface area contributed by atoms with Crippen molar-refractivity contribution in [2.75, 3.05) is 6.54 Å². The van der Waals surface area contributed by atoms with Crippen molar-refractivity contribution in [3.63, 3.8) is 0 Å². The van der Waals surface area contributed by atoms with Crippen molar-refractivity contribution < 1.29 is 23.5 Å². The van der Waals surface area contributed by atoms with Crippen molar-refractivity contribution >= 4 is 22.7 Å². The number of furan rings is 1. The molecule has 5 nitrogen and oxygen atoms in total. The fraction of sp³-hybridized carbons (Fsp3) is 0.111. The van der Waals surface area contributed by atoms with Crippen LogP contribution in [0.2, 0.25) is 0 Å². The zero-order valence-electron chi connectivity index (χ0n) is 17.6. The molecule has 0 saturated carbocycles. The van der Waals surface area contributed by atoms with E-state index in [1.807, 2.05) is 42.5 Å². The van der Waals surface area contributed by atoms with Crippen LogP contribution in [0, 0.1) is 5.82 Å². The first kappa shape index (κ1) is 20.7. The summed E-state index contributed by atoms with van der Waals surface area (Å²) in [5.41, 5.74) is 2.00. The highest BCUT2D eigenvalue weighted by molar-refractivity contribution is 6.16. The maximum Gasteiger partial charge on any atom is 0.290 e. The number of carbonyl (C=O) groups excluding carboxylic acids is 2. The van der Waals surface area contributed by atoms with E-state index in [1.165, 1.54) is 29.2 Å². The highest BCUT2D eigenvalue weighted by atomic mass is 19.1. The van der Waals surface area contributed by atoms with Crippen LogP contribution in [0.1, 0.15) is 27.7 Å². The summed E-state index contributed by atoms with van der Waals surface area (Å²) in [6, 6.07) is 23.1. The molecule has 1 unspecified atom stereocenters. The normalized spacial score (nSPS) is 16.1. The lowest BCUT2D eigenvalue weighted by Crippen LogP contribution is -2.33. The zero-order valence-corrected chi connectivity index (χ0v) is 17.6. The molecule has 2 heterocycles. The number of benzene rings is 3. The Bertz CT molecular complexity index is 1340. The summed E-state index contributed by atoms with van der Waals surface area (Å²) >= 11 is 0. The lowest BCUT2D eigenvalue weighted by Gasteiger charge is -2.26. The second-order valence-electron chi connectivity index (χ2n) is 7.93. The third-order valence-corrected chi connectivity index (χ3v) is 5.87. The van der Waals surface area contributed by atoms with Crippen LogP contribution >= 0.6 is 0 Å². The van der Waals surface area contributed by atoms with E-state index in [2.05, 4.69) is 0 Å². The molecule has 1 N–H and O–H groups in total. The number of fused-ring (bicyclic) bond motifs is 1. The van der Waals surface area contributed by atoms with Gasteiger partial charge in [0.1, 0.15) is 11.4 Å². The number of aliphatic hydroxyl groups is 1. The fourth-order valence-electron chi connectivity index (χ4n) is 4.23. The Morgan fingerprint density at radius 1 is 0.970 bits per heavy atom. The molecule has 0 spiro atoms. The van der Waals surface area contributed by atoms with Gasteiger partial charge in [-0.15, -0.1) is 0 Å². The Morgan fingerprint density at radius 3 is 2.39 bits per heavy atom. The molecule has 5 rings (SSSR count). The van der Waals surface area contributed by atoms with Gasteiger partial charge >= 0.3 is 0 Å². The van der Waals surface area contributed by atoms with Crippen molar-refractivity contribution in [2.45, 2.75) is 12.5 Å². The molecule has 164 valence electrons. The predicted molar refractivity (Wildman–Crippen MR) is 121 cm³/mol. The summed E-state index contributed by atoms with van der Waals surface area (Å²) in [4.78, 5) is 28.0. The molecule has 0 fully saturated rings. The monoisotopic (exact) mass is 441 g/mol. The van der Waals surface area contributed by atoms with Gasteiger partial charge in [0.2, 0.25) is 5.78 Å². The number of nitrogens with zero attached hydrogens (tertiary/aromatic N) is 1. The molecule has 1 aromatic heterocycles. The molecule has 0 radical (unpaired) electrons. The summed E-state index contributed by atoms with van der Waals surface area (Å²) in [5, 5.41) is 11.5. The van der Waals surface area contributed by atoms with Gasteiger partial charge in [-0.1, -0.05) is 60.7 Å². The number of rotatable bonds is 6. The quantitative estimate of drug-likeness (QED) is 0.407. The molecule has 33 heavy (non-hydrogen) atoms. The molecule has 0 saturated heterocycles. The molecule has 4 aromatic rings. The number of Topliss-reactive ketones (excluding diaryl/α,β-unsaturated/α-hetero) is 1. The number of para-hydroxylation sites is 1. The zero-order chi connectivity index (χ0) is 22.9. The van der Waals surface area contributed by atoms with E-state index in [-0.39, 0.29) is 17.9 Å². The van der Waals surface area contributed by atoms with E-state index in [0.29, 0.717) is 17.6 Å². The van der Waals surface area contributed by atoms with E-state index >= 15 is 0 Å². The molecule has 0 bridgehead atoms. The largest absolute Gasteiger partial charge is 0.503 e. The van der Waals surface area contributed by atoms with Gasteiger partial charge in [0.25, 0.3) is 5.91 Å².